The summed E-state index contributed by atoms with van der Waals surface area (Å²) in [5.41, 5.74) is 14.5. The second-order valence-corrected chi connectivity index (χ2v) is 9.04. The smallest absolute Gasteiger partial charge is 0.145 e. The van der Waals surface area contributed by atoms with Gasteiger partial charge in [0.25, 0.3) is 0 Å². The van der Waals surface area contributed by atoms with Gasteiger partial charge in [-0.3, -0.25) is 0 Å². The maximum Gasteiger partial charge on any atom is 0.145 e. The van der Waals surface area contributed by atoms with E-state index in [1.807, 2.05) is 35.0 Å². The number of aryl methyl sites for hydroxylation is 1. The maximum atomic E-state index is 10.7. The molecule has 6 N–H and O–H groups in total. The summed E-state index contributed by atoms with van der Waals surface area (Å²) in [4.78, 5) is 12.8. The van der Waals surface area contributed by atoms with Crippen LogP contribution in [0.4, 0.5) is 11.6 Å². The minimum Gasteiger partial charge on any atom is -0.390 e. The number of benzene rings is 1. The molecular weight excluding hydrogens is 460 g/mol. The van der Waals surface area contributed by atoms with Crippen molar-refractivity contribution in [2.24, 2.45) is 5.92 Å². The molecule has 1 aliphatic rings. The molecule has 160 valence electrons. The summed E-state index contributed by atoms with van der Waals surface area (Å²) in [6.07, 6.45) is 3.79. The monoisotopic (exact) mass is 482 g/mol. The summed E-state index contributed by atoms with van der Waals surface area (Å²) in [6, 6.07) is 9.68. The summed E-state index contributed by atoms with van der Waals surface area (Å²) in [5.74, 6) is 0.839. The second-order valence-electron chi connectivity index (χ2n) is 8.18. The molecule has 8 nitrogen and oxygen atoms in total. The standard InChI is InChI=1S/C22H23BrN6O2/c23-15-8-12-3-1-11(7-16(12)28-21(15)25)2-4-13-9-17(19(31)18(13)30)29-6-5-14-20(24)26-10-27-22(14)29/h1,3,5-8,10,13,17-19,30-31H,2,4,9H2,(H2,25,28)(H2,24,26,27). The molecule has 3 heterocycles. The lowest BCUT2D eigenvalue weighted by Crippen LogP contribution is -2.29. The Bertz CT molecular complexity index is 1280. The first-order valence-electron chi connectivity index (χ1n) is 10.2. The zero-order valence-corrected chi connectivity index (χ0v) is 18.3. The molecule has 1 aromatic carbocycles. The molecule has 1 fully saturated rings. The molecule has 5 rings (SSSR count). The number of aliphatic hydroxyl groups is 2. The van der Waals surface area contributed by atoms with Crippen LogP contribution in [0.25, 0.3) is 21.9 Å². The van der Waals surface area contributed by atoms with Crippen LogP contribution in [-0.4, -0.2) is 41.9 Å². The van der Waals surface area contributed by atoms with Crippen molar-refractivity contribution in [1.82, 2.24) is 19.5 Å². The van der Waals surface area contributed by atoms with Gasteiger partial charge in [0.05, 0.1) is 27.5 Å². The number of hydrogen-bond acceptors (Lipinski definition) is 7. The molecule has 0 aliphatic heterocycles. The van der Waals surface area contributed by atoms with Gasteiger partial charge in [0, 0.05) is 11.6 Å². The normalized spacial score (nSPS) is 23.7. The van der Waals surface area contributed by atoms with Crippen molar-refractivity contribution in [2.75, 3.05) is 11.5 Å². The zero-order valence-electron chi connectivity index (χ0n) is 16.7. The molecule has 4 unspecified atom stereocenters. The van der Waals surface area contributed by atoms with Crippen molar-refractivity contribution < 1.29 is 10.2 Å². The van der Waals surface area contributed by atoms with Gasteiger partial charge in [-0.05, 0) is 64.9 Å². The average molecular weight is 483 g/mol. The third-order valence-electron chi connectivity index (χ3n) is 6.34. The highest BCUT2D eigenvalue weighted by atomic mass is 79.9. The van der Waals surface area contributed by atoms with E-state index in [4.69, 9.17) is 11.5 Å². The Balaban J connectivity index is 1.34. The fraction of sp³-hybridized carbons (Fsp3) is 0.318. The number of aromatic nitrogens is 4. The first-order valence-corrected chi connectivity index (χ1v) is 11.0. The third kappa shape index (κ3) is 3.52. The van der Waals surface area contributed by atoms with Gasteiger partial charge < -0.3 is 26.2 Å². The van der Waals surface area contributed by atoms with Crippen LogP contribution in [0.5, 0.6) is 0 Å². The summed E-state index contributed by atoms with van der Waals surface area (Å²) in [7, 11) is 0. The van der Waals surface area contributed by atoms with Crippen LogP contribution >= 0.6 is 15.9 Å². The van der Waals surface area contributed by atoms with E-state index in [1.165, 1.54) is 6.33 Å². The molecule has 9 heteroatoms. The van der Waals surface area contributed by atoms with Gasteiger partial charge in [-0.1, -0.05) is 12.1 Å². The number of rotatable bonds is 4. The number of nitrogen functional groups attached to an aromatic ring is 2. The van der Waals surface area contributed by atoms with E-state index in [1.54, 1.807) is 0 Å². The number of fused-ring (bicyclic) bond motifs is 2. The quantitative estimate of drug-likeness (QED) is 0.351. The van der Waals surface area contributed by atoms with Crippen LogP contribution < -0.4 is 11.5 Å². The van der Waals surface area contributed by atoms with E-state index in [9.17, 15) is 10.2 Å². The summed E-state index contributed by atoms with van der Waals surface area (Å²) in [6.45, 7) is 0. The fourth-order valence-corrected chi connectivity index (χ4v) is 4.96. The first-order chi connectivity index (χ1) is 14.9. The Hall–Kier alpha value is -2.75. The zero-order chi connectivity index (χ0) is 21.7. The molecule has 1 aliphatic carbocycles. The van der Waals surface area contributed by atoms with Gasteiger partial charge in [0.15, 0.2) is 0 Å². The van der Waals surface area contributed by atoms with Crippen LogP contribution in [0.15, 0.2) is 47.3 Å². The number of halogens is 1. The third-order valence-corrected chi connectivity index (χ3v) is 6.97. The van der Waals surface area contributed by atoms with Gasteiger partial charge in [-0.15, -0.1) is 0 Å². The Morgan fingerprint density at radius 2 is 1.90 bits per heavy atom. The van der Waals surface area contributed by atoms with E-state index < -0.39 is 12.2 Å². The molecule has 0 radical (unpaired) electrons. The number of nitrogens with zero attached hydrogens (tertiary/aromatic N) is 4. The minimum absolute atomic E-state index is 0.0322. The Labute approximate surface area is 187 Å². The molecule has 4 aromatic rings. The predicted octanol–water partition coefficient (Wildman–Crippen LogP) is 2.82. The first kappa shape index (κ1) is 20.2. The van der Waals surface area contributed by atoms with Crippen molar-refractivity contribution in [2.45, 2.75) is 37.5 Å². The van der Waals surface area contributed by atoms with Gasteiger partial charge in [-0.25, -0.2) is 15.0 Å². The van der Waals surface area contributed by atoms with E-state index >= 15 is 0 Å². The Kier molecular flexibility index (Phi) is 5.04. The van der Waals surface area contributed by atoms with Crippen molar-refractivity contribution in [3.05, 3.63) is 52.9 Å². The highest BCUT2D eigenvalue weighted by molar-refractivity contribution is 9.10. The molecule has 1 saturated carbocycles. The van der Waals surface area contributed by atoms with E-state index in [0.717, 1.165) is 39.2 Å². The molecular formula is C22H23BrN6O2. The molecule has 0 amide bonds. The van der Waals surface area contributed by atoms with Crippen LogP contribution in [0.1, 0.15) is 24.4 Å². The van der Waals surface area contributed by atoms with E-state index in [0.29, 0.717) is 23.7 Å². The van der Waals surface area contributed by atoms with Crippen molar-refractivity contribution in [3.8, 4) is 0 Å². The fourth-order valence-electron chi connectivity index (χ4n) is 4.63. The topological polar surface area (TPSA) is 136 Å². The average Bonchev–Trinajstić information content (AvgIpc) is 3.30. The van der Waals surface area contributed by atoms with Gasteiger partial charge >= 0.3 is 0 Å². The van der Waals surface area contributed by atoms with E-state index in [2.05, 4.69) is 36.9 Å². The van der Waals surface area contributed by atoms with Gasteiger partial charge in [0.2, 0.25) is 0 Å². The van der Waals surface area contributed by atoms with Crippen molar-refractivity contribution >= 4 is 49.5 Å². The lowest BCUT2D eigenvalue weighted by atomic mass is 9.95. The van der Waals surface area contributed by atoms with E-state index in [-0.39, 0.29) is 12.0 Å². The van der Waals surface area contributed by atoms with Crippen LogP contribution in [0.3, 0.4) is 0 Å². The summed E-state index contributed by atoms with van der Waals surface area (Å²) >= 11 is 3.41. The molecule has 31 heavy (non-hydrogen) atoms. The lowest BCUT2D eigenvalue weighted by molar-refractivity contribution is 0.00545. The van der Waals surface area contributed by atoms with Crippen LogP contribution in [0.2, 0.25) is 0 Å². The number of anilines is 2. The molecule has 0 spiro atoms. The minimum atomic E-state index is -0.868. The molecule has 0 bridgehead atoms. The predicted molar refractivity (Wildman–Crippen MR) is 123 cm³/mol. The maximum absolute atomic E-state index is 10.7. The summed E-state index contributed by atoms with van der Waals surface area (Å²) < 4.78 is 2.69. The highest BCUT2D eigenvalue weighted by Gasteiger charge is 2.42. The Morgan fingerprint density at radius 1 is 1.06 bits per heavy atom. The lowest BCUT2D eigenvalue weighted by Gasteiger charge is -2.19. The second kappa shape index (κ2) is 7.74. The van der Waals surface area contributed by atoms with Crippen molar-refractivity contribution in [3.63, 3.8) is 0 Å². The van der Waals surface area contributed by atoms with Crippen LogP contribution in [0, 0.1) is 5.92 Å². The van der Waals surface area contributed by atoms with Gasteiger partial charge in [0.1, 0.15) is 29.7 Å². The molecule has 4 atom stereocenters. The number of nitrogens with two attached hydrogens (primary N) is 2. The number of aliphatic hydroxyl groups excluding tert-OH is 2. The SMILES string of the molecule is Nc1nc2cc(CCC3CC(n4ccc5c(N)ncnc54)C(O)C3O)ccc2cc1Br. The largest absolute Gasteiger partial charge is 0.390 e. The van der Waals surface area contributed by atoms with Crippen LogP contribution in [-0.2, 0) is 6.42 Å². The number of pyridine rings is 1. The molecule has 3 aromatic heterocycles. The van der Waals surface area contributed by atoms with Gasteiger partial charge in [-0.2, -0.15) is 0 Å². The van der Waals surface area contributed by atoms with Crippen molar-refractivity contribution in [1.29, 1.82) is 0 Å². The highest BCUT2D eigenvalue weighted by Crippen LogP contribution is 2.39. The Morgan fingerprint density at radius 3 is 2.74 bits per heavy atom. The molecule has 0 saturated heterocycles. The number of hydrogen-bond donors (Lipinski definition) is 4. The summed E-state index contributed by atoms with van der Waals surface area (Å²) in [5, 5.41) is 23.2.